The molecular weight excluding hydrogens is 406 g/mol. The zero-order valence-corrected chi connectivity index (χ0v) is 19.4. The molecule has 0 aliphatic heterocycles. The minimum absolute atomic E-state index is 0.00567. The van der Waals surface area contributed by atoms with Crippen LogP contribution in [-0.4, -0.2) is 42.5 Å². The Bertz CT molecular complexity index is 1000. The van der Waals surface area contributed by atoms with Gasteiger partial charge in [-0.2, -0.15) is 0 Å². The molecule has 1 fully saturated rings. The largest absolute Gasteiger partial charge is 0.497 e. The topological polar surface area (TPSA) is 80.6 Å². The monoisotopic (exact) mass is 439 g/mol. The van der Waals surface area contributed by atoms with E-state index in [9.17, 15) is 14.4 Å². The van der Waals surface area contributed by atoms with Gasteiger partial charge in [-0.15, -0.1) is 0 Å². The lowest BCUT2D eigenvalue weighted by molar-refractivity contribution is 0.0825. The van der Waals surface area contributed by atoms with Crippen molar-refractivity contribution in [3.8, 4) is 5.75 Å². The van der Waals surface area contributed by atoms with E-state index in [4.69, 9.17) is 4.74 Å². The number of carbonyl (C=O) groups excluding carboxylic acids is 2. The van der Waals surface area contributed by atoms with Crippen LogP contribution in [0.1, 0.15) is 71.3 Å². The number of pyridine rings is 1. The first-order valence-corrected chi connectivity index (χ1v) is 11.2. The Balaban J connectivity index is 1.88. The SMILES string of the molecule is COc1ccc([C@@H](C)NC(=O)c2cn(CC3CCCCC3)cc(C(=O)N(C)C)c2=O)cc1. The zero-order chi connectivity index (χ0) is 23.3. The van der Waals surface area contributed by atoms with Gasteiger partial charge in [-0.1, -0.05) is 31.4 Å². The van der Waals surface area contributed by atoms with Gasteiger partial charge < -0.3 is 19.5 Å². The van der Waals surface area contributed by atoms with E-state index in [1.54, 1.807) is 33.6 Å². The van der Waals surface area contributed by atoms with Crippen LogP contribution in [0.4, 0.5) is 0 Å². The summed E-state index contributed by atoms with van der Waals surface area (Å²) in [5.74, 6) is 0.338. The molecule has 7 nitrogen and oxygen atoms in total. The predicted molar refractivity (Wildman–Crippen MR) is 124 cm³/mol. The van der Waals surface area contributed by atoms with E-state index < -0.39 is 17.2 Å². The van der Waals surface area contributed by atoms with Crippen LogP contribution in [0.2, 0.25) is 0 Å². The first-order chi connectivity index (χ1) is 15.3. The van der Waals surface area contributed by atoms with Crippen molar-refractivity contribution in [3.63, 3.8) is 0 Å². The predicted octanol–water partition coefficient (Wildman–Crippen LogP) is 3.63. The van der Waals surface area contributed by atoms with Gasteiger partial charge in [-0.25, -0.2) is 0 Å². The molecule has 1 aliphatic carbocycles. The number of ether oxygens (including phenoxy) is 1. The molecule has 0 unspecified atom stereocenters. The Kier molecular flexibility index (Phi) is 7.72. The number of aromatic nitrogens is 1. The minimum atomic E-state index is -0.539. The maximum absolute atomic E-state index is 13.1. The maximum Gasteiger partial charge on any atom is 0.258 e. The quantitative estimate of drug-likeness (QED) is 0.714. The van der Waals surface area contributed by atoms with Gasteiger partial charge in [0.05, 0.1) is 13.2 Å². The molecule has 1 saturated carbocycles. The van der Waals surface area contributed by atoms with Crippen molar-refractivity contribution in [1.29, 1.82) is 0 Å². The second kappa shape index (κ2) is 10.5. The van der Waals surface area contributed by atoms with Crippen molar-refractivity contribution in [2.75, 3.05) is 21.2 Å². The second-order valence-electron chi connectivity index (χ2n) is 8.78. The third-order valence-electron chi connectivity index (χ3n) is 6.12. The van der Waals surface area contributed by atoms with Crippen molar-refractivity contribution < 1.29 is 14.3 Å². The van der Waals surface area contributed by atoms with Crippen molar-refractivity contribution in [3.05, 3.63) is 63.6 Å². The van der Waals surface area contributed by atoms with Crippen LogP contribution in [0.25, 0.3) is 0 Å². The van der Waals surface area contributed by atoms with E-state index in [2.05, 4.69) is 5.32 Å². The van der Waals surface area contributed by atoms with Crippen LogP contribution in [0.3, 0.4) is 0 Å². The average Bonchev–Trinajstić information content (AvgIpc) is 2.80. The smallest absolute Gasteiger partial charge is 0.258 e. The van der Waals surface area contributed by atoms with Gasteiger partial charge in [0.25, 0.3) is 11.8 Å². The molecule has 32 heavy (non-hydrogen) atoms. The summed E-state index contributed by atoms with van der Waals surface area (Å²) in [6.07, 6.45) is 9.09. The molecule has 0 radical (unpaired) electrons. The van der Waals surface area contributed by atoms with Gasteiger partial charge in [0.15, 0.2) is 0 Å². The van der Waals surface area contributed by atoms with Gasteiger partial charge in [0.2, 0.25) is 5.43 Å². The second-order valence-corrected chi connectivity index (χ2v) is 8.78. The number of amides is 2. The van der Waals surface area contributed by atoms with E-state index in [0.29, 0.717) is 12.5 Å². The van der Waals surface area contributed by atoms with Crippen molar-refractivity contribution >= 4 is 11.8 Å². The number of hydrogen-bond donors (Lipinski definition) is 1. The highest BCUT2D eigenvalue weighted by atomic mass is 16.5. The van der Waals surface area contributed by atoms with E-state index in [1.165, 1.54) is 24.2 Å². The Labute approximate surface area is 189 Å². The number of hydrogen-bond acceptors (Lipinski definition) is 4. The Morgan fingerprint density at radius 2 is 1.72 bits per heavy atom. The summed E-state index contributed by atoms with van der Waals surface area (Å²) in [7, 11) is 4.80. The number of methoxy groups -OCH3 is 1. The highest BCUT2D eigenvalue weighted by molar-refractivity contribution is 5.99. The van der Waals surface area contributed by atoms with Gasteiger partial charge in [0, 0.05) is 33.0 Å². The van der Waals surface area contributed by atoms with Gasteiger partial charge in [-0.3, -0.25) is 14.4 Å². The fourth-order valence-electron chi connectivity index (χ4n) is 4.21. The third-order valence-corrected chi connectivity index (χ3v) is 6.12. The maximum atomic E-state index is 13.1. The molecule has 1 aromatic carbocycles. The molecule has 0 bridgehead atoms. The van der Waals surface area contributed by atoms with E-state index in [0.717, 1.165) is 24.2 Å². The first-order valence-electron chi connectivity index (χ1n) is 11.2. The number of nitrogens with zero attached hydrogens (tertiary/aromatic N) is 2. The van der Waals surface area contributed by atoms with Crippen LogP contribution in [-0.2, 0) is 6.54 Å². The van der Waals surface area contributed by atoms with Crippen molar-refractivity contribution in [1.82, 2.24) is 14.8 Å². The molecule has 2 amide bonds. The first kappa shape index (κ1) is 23.6. The molecule has 2 aromatic rings. The molecule has 1 heterocycles. The van der Waals surface area contributed by atoms with Crippen LogP contribution in [0.15, 0.2) is 41.5 Å². The van der Waals surface area contributed by atoms with Crippen LogP contribution in [0.5, 0.6) is 5.75 Å². The lowest BCUT2D eigenvalue weighted by Crippen LogP contribution is -2.36. The number of nitrogens with one attached hydrogen (secondary N) is 1. The Morgan fingerprint density at radius 3 is 2.31 bits per heavy atom. The fraction of sp³-hybridized carbons (Fsp3) is 0.480. The summed E-state index contributed by atoms with van der Waals surface area (Å²) in [5.41, 5.74) is 0.370. The zero-order valence-electron chi connectivity index (χ0n) is 19.4. The van der Waals surface area contributed by atoms with Crippen molar-refractivity contribution in [2.45, 2.75) is 51.6 Å². The Morgan fingerprint density at radius 1 is 1.09 bits per heavy atom. The van der Waals surface area contributed by atoms with Gasteiger partial charge >= 0.3 is 0 Å². The van der Waals surface area contributed by atoms with Crippen molar-refractivity contribution in [2.24, 2.45) is 5.92 Å². The molecule has 172 valence electrons. The lowest BCUT2D eigenvalue weighted by atomic mass is 9.89. The molecule has 0 spiro atoms. The highest BCUT2D eigenvalue weighted by Gasteiger charge is 2.23. The normalized spacial score (nSPS) is 15.1. The molecule has 1 aliphatic rings. The molecule has 1 N–H and O–H groups in total. The van der Waals surface area contributed by atoms with Crippen LogP contribution in [0, 0.1) is 5.92 Å². The summed E-state index contributed by atoms with van der Waals surface area (Å²) < 4.78 is 7.03. The Hall–Kier alpha value is -3.09. The van der Waals surface area contributed by atoms with E-state index >= 15 is 0 Å². The number of carbonyl (C=O) groups is 2. The third kappa shape index (κ3) is 5.58. The molecule has 1 atom stereocenters. The number of benzene rings is 1. The summed E-state index contributed by atoms with van der Waals surface area (Å²) >= 11 is 0. The van der Waals surface area contributed by atoms with Gasteiger partial charge in [0.1, 0.15) is 16.9 Å². The lowest BCUT2D eigenvalue weighted by Gasteiger charge is -2.24. The van der Waals surface area contributed by atoms with Crippen LogP contribution < -0.4 is 15.5 Å². The molecular formula is C25H33N3O4. The molecule has 0 saturated heterocycles. The fourth-order valence-corrected chi connectivity index (χ4v) is 4.21. The average molecular weight is 440 g/mol. The molecule has 3 rings (SSSR count). The van der Waals surface area contributed by atoms with Gasteiger partial charge in [-0.05, 0) is 43.4 Å². The summed E-state index contributed by atoms with van der Waals surface area (Å²) in [5, 5.41) is 2.90. The highest BCUT2D eigenvalue weighted by Crippen LogP contribution is 2.25. The number of rotatable bonds is 7. The summed E-state index contributed by atoms with van der Waals surface area (Å²) in [6, 6.07) is 7.08. The standard InChI is InChI=1S/C25H33N3O4/c1-17(19-10-12-20(32-4)13-11-19)26-24(30)21-15-28(14-18-8-6-5-7-9-18)16-22(23(21)29)25(31)27(2)3/h10-13,15-18H,5-9,14H2,1-4H3,(H,26,30)/t17-/m1/s1. The van der Waals surface area contributed by atoms with Crippen LogP contribution >= 0.6 is 0 Å². The summed E-state index contributed by atoms with van der Waals surface area (Å²) in [4.78, 5) is 40.2. The van der Waals surface area contributed by atoms with E-state index in [-0.39, 0.29) is 17.2 Å². The minimum Gasteiger partial charge on any atom is -0.497 e. The summed E-state index contributed by atoms with van der Waals surface area (Å²) in [6.45, 7) is 2.55. The molecule has 1 aromatic heterocycles. The van der Waals surface area contributed by atoms with E-state index in [1.807, 2.05) is 35.8 Å². The molecule has 7 heteroatoms.